The molecule has 0 heterocycles. The van der Waals surface area contributed by atoms with Crippen molar-refractivity contribution in [1.82, 2.24) is 0 Å². The molecule has 0 aliphatic rings. The van der Waals surface area contributed by atoms with Crippen LogP contribution in [0.3, 0.4) is 0 Å². The molecule has 0 amide bonds. The smallest absolute Gasteiger partial charge is 0.0830 e. The van der Waals surface area contributed by atoms with Gasteiger partial charge in [-0.2, -0.15) is 0 Å². The van der Waals surface area contributed by atoms with Crippen molar-refractivity contribution in [3.8, 4) is 0 Å². The van der Waals surface area contributed by atoms with E-state index >= 15 is 0 Å². The predicted octanol–water partition coefficient (Wildman–Crippen LogP) is 5.94. The average molecular weight is 314 g/mol. The Morgan fingerprint density at radius 1 is 0.737 bits per heavy atom. The van der Waals surface area contributed by atoms with Gasteiger partial charge in [-0.3, -0.25) is 0 Å². The Morgan fingerprint density at radius 2 is 1.16 bits per heavy atom. The minimum Gasteiger partial charge on any atom is -0.0830 e. The molecule has 0 nitrogen and oxygen atoms in total. The van der Waals surface area contributed by atoms with Gasteiger partial charge in [0.15, 0.2) is 3.79 Å². The van der Waals surface area contributed by atoms with Gasteiger partial charge in [0.05, 0.1) is 0 Å². The highest BCUT2D eigenvalue weighted by molar-refractivity contribution is 6.68. The summed E-state index contributed by atoms with van der Waals surface area (Å²) in [4.78, 5) is 0. The Kier molecular flexibility index (Phi) is 4.78. The molecule has 0 saturated heterocycles. The van der Waals surface area contributed by atoms with E-state index in [2.05, 4.69) is 19.1 Å². The normalized spacial score (nSPS) is 14.9. The van der Waals surface area contributed by atoms with Crippen molar-refractivity contribution in [2.75, 3.05) is 0 Å². The molecule has 0 radical (unpaired) electrons. The van der Waals surface area contributed by atoms with E-state index in [9.17, 15) is 0 Å². The van der Waals surface area contributed by atoms with Crippen molar-refractivity contribution in [2.45, 2.75) is 22.6 Å². The molecule has 2 aromatic carbocycles. The second-order valence-corrected chi connectivity index (χ2v) is 7.00. The summed E-state index contributed by atoms with van der Waals surface area (Å²) in [5.74, 6) is -0.0581. The minimum absolute atomic E-state index is 0.121. The van der Waals surface area contributed by atoms with E-state index in [0.29, 0.717) is 0 Å². The maximum atomic E-state index is 6.21. The lowest BCUT2D eigenvalue weighted by atomic mass is 9.83. The zero-order valence-corrected chi connectivity index (χ0v) is 12.8. The summed E-state index contributed by atoms with van der Waals surface area (Å²) in [6, 6.07) is 20.0. The number of benzene rings is 2. The van der Waals surface area contributed by atoms with Crippen LogP contribution in [0.4, 0.5) is 0 Å². The summed E-state index contributed by atoms with van der Waals surface area (Å²) in [7, 11) is 0. The van der Waals surface area contributed by atoms with Crippen molar-refractivity contribution in [3.05, 3.63) is 71.8 Å². The molecule has 3 heteroatoms. The average Bonchev–Trinajstić information content (AvgIpc) is 2.39. The molecule has 2 rings (SSSR count). The third kappa shape index (κ3) is 3.66. The van der Waals surface area contributed by atoms with E-state index in [1.54, 1.807) is 0 Å². The molecule has 100 valence electrons. The fourth-order valence-electron chi connectivity index (χ4n) is 2.37. The molecule has 0 saturated carbocycles. The first kappa shape index (κ1) is 14.7. The standard InChI is InChI=1S/C16H15Cl3/c1-12(13-8-4-2-5-9-13)15(16(17,18)19)14-10-6-3-7-11-14/h2-12,15H,1H3. The maximum Gasteiger partial charge on any atom is 0.197 e. The van der Waals surface area contributed by atoms with Crippen LogP contribution in [0.2, 0.25) is 0 Å². The maximum absolute atomic E-state index is 6.21. The lowest BCUT2D eigenvalue weighted by Gasteiger charge is -2.31. The lowest BCUT2D eigenvalue weighted by Crippen LogP contribution is -2.22. The van der Waals surface area contributed by atoms with Gasteiger partial charge in [0.2, 0.25) is 0 Å². The van der Waals surface area contributed by atoms with E-state index < -0.39 is 3.79 Å². The molecule has 0 fully saturated rings. The van der Waals surface area contributed by atoms with E-state index in [-0.39, 0.29) is 11.8 Å². The van der Waals surface area contributed by atoms with Gasteiger partial charge in [0.1, 0.15) is 0 Å². The van der Waals surface area contributed by atoms with Crippen LogP contribution in [0.25, 0.3) is 0 Å². The molecule has 0 bridgehead atoms. The lowest BCUT2D eigenvalue weighted by molar-refractivity contribution is 0.585. The quantitative estimate of drug-likeness (QED) is 0.615. The number of alkyl halides is 3. The zero-order chi connectivity index (χ0) is 13.9. The highest BCUT2D eigenvalue weighted by Gasteiger charge is 2.38. The third-order valence-electron chi connectivity index (χ3n) is 3.34. The SMILES string of the molecule is CC(c1ccccc1)C(c1ccccc1)C(Cl)(Cl)Cl. The molecule has 0 aliphatic heterocycles. The van der Waals surface area contributed by atoms with Crippen LogP contribution < -0.4 is 0 Å². The molecular weight excluding hydrogens is 299 g/mol. The van der Waals surface area contributed by atoms with E-state index in [1.807, 2.05) is 48.5 Å². The van der Waals surface area contributed by atoms with Gasteiger partial charge in [-0.05, 0) is 17.0 Å². The molecule has 2 atom stereocenters. The second kappa shape index (κ2) is 6.17. The molecule has 0 aliphatic carbocycles. The first-order chi connectivity index (χ1) is 9.00. The van der Waals surface area contributed by atoms with E-state index in [0.717, 1.165) is 5.56 Å². The van der Waals surface area contributed by atoms with Gasteiger partial charge in [-0.25, -0.2) is 0 Å². The van der Waals surface area contributed by atoms with Crippen molar-refractivity contribution >= 4 is 34.8 Å². The fourth-order valence-corrected chi connectivity index (χ4v) is 3.32. The number of halogens is 3. The Morgan fingerprint density at radius 3 is 1.58 bits per heavy atom. The van der Waals surface area contributed by atoms with Gasteiger partial charge in [-0.1, -0.05) is 102 Å². The van der Waals surface area contributed by atoms with E-state index in [4.69, 9.17) is 34.8 Å². The Hall–Kier alpha value is -0.690. The first-order valence-electron chi connectivity index (χ1n) is 6.17. The summed E-state index contributed by atoms with van der Waals surface area (Å²) in [5.41, 5.74) is 2.21. The minimum atomic E-state index is -1.34. The van der Waals surface area contributed by atoms with Crippen LogP contribution in [-0.2, 0) is 0 Å². The monoisotopic (exact) mass is 312 g/mol. The number of rotatable bonds is 3. The molecule has 0 N–H and O–H groups in total. The summed E-state index contributed by atoms with van der Waals surface area (Å²) in [5, 5.41) is 0. The molecular formula is C16H15Cl3. The van der Waals surface area contributed by atoms with Gasteiger partial charge >= 0.3 is 0 Å². The second-order valence-electron chi connectivity index (χ2n) is 4.63. The van der Waals surface area contributed by atoms with Crippen LogP contribution >= 0.6 is 34.8 Å². The van der Waals surface area contributed by atoms with Crippen molar-refractivity contribution < 1.29 is 0 Å². The molecule has 0 spiro atoms. The molecule has 2 aromatic rings. The highest BCUT2D eigenvalue weighted by Crippen LogP contribution is 2.49. The number of hydrogen-bond donors (Lipinski definition) is 0. The van der Waals surface area contributed by atoms with Gasteiger partial charge in [0.25, 0.3) is 0 Å². The third-order valence-corrected chi connectivity index (χ3v) is 4.04. The Bertz CT molecular complexity index is 503. The molecule has 0 aromatic heterocycles. The summed E-state index contributed by atoms with van der Waals surface area (Å²) in [6.07, 6.45) is 0. The highest BCUT2D eigenvalue weighted by atomic mass is 35.6. The van der Waals surface area contributed by atoms with Crippen molar-refractivity contribution in [1.29, 1.82) is 0 Å². The summed E-state index contributed by atoms with van der Waals surface area (Å²) >= 11 is 18.6. The van der Waals surface area contributed by atoms with Crippen LogP contribution in [0.1, 0.15) is 29.9 Å². The summed E-state index contributed by atoms with van der Waals surface area (Å²) < 4.78 is -1.34. The number of hydrogen-bond acceptors (Lipinski definition) is 0. The van der Waals surface area contributed by atoms with E-state index in [1.165, 1.54) is 5.56 Å². The van der Waals surface area contributed by atoms with Gasteiger partial charge in [0, 0.05) is 5.92 Å². The largest absolute Gasteiger partial charge is 0.197 e. The summed E-state index contributed by atoms with van der Waals surface area (Å²) in [6.45, 7) is 2.09. The zero-order valence-electron chi connectivity index (χ0n) is 10.6. The Balaban J connectivity index is 2.40. The van der Waals surface area contributed by atoms with Crippen molar-refractivity contribution in [2.24, 2.45) is 0 Å². The molecule has 19 heavy (non-hydrogen) atoms. The van der Waals surface area contributed by atoms with Crippen LogP contribution in [0, 0.1) is 0 Å². The van der Waals surface area contributed by atoms with Crippen molar-refractivity contribution in [3.63, 3.8) is 0 Å². The van der Waals surface area contributed by atoms with Crippen LogP contribution in [-0.4, -0.2) is 3.79 Å². The van der Waals surface area contributed by atoms with Crippen LogP contribution in [0.15, 0.2) is 60.7 Å². The predicted molar refractivity (Wildman–Crippen MR) is 84.3 cm³/mol. The van der Waals surface area contributed by atoms with Crippen LogP contribution in [0.5, 0.6) is 0 Å². The van der Waals surface area contributed by atoms with Gasteiger partial charge < -0.3 is 0 Å². The van der Waals surface area contributed by atoms with Gasteiger partial charge in [-0.15, -0.1) is 0 Å². The topological polar surface area (TPSA) is 0 Å². The molecule has 2 unspecified atom stereocenters. The first-order valence-corrected chi connectivity index (χ1v) is 7.30. The fraction of sp³-hybridized carbons (Fsp3) is 0.250. The Labute approximate surface area is 129 Å².